The van der Waals surface area contributed by atoms with Crippen molar-refractivity contribution in [2.45, 2.75) is 104 Å². The lowest BCUT2D eigenvalue weighted by atomic mass is 9.41. The van der Waals surface area contributed by atoms with E-state index in [0.29, 0.717) is 32.1 Å². The van der Waals surface area contributed by atoms with Gasteiger partial charge in [-0.2, -0.15) is 0 Å². The predicted molar refractivity (Wildman–Crippen MR) is 118 cm³/mol. The fourth-order valence-corrected chi connectivity index (χ4v) is 8.50. The van der Waals surface area contributed by atoms with Crippen molar-refractivity contribution in [1.82, 2.24) is 0 Å². The highest BCUT2D eigenvalue weighted by molar-refractivity contribution is 5.66. The highest BCUT2D eigenvalue weighted by Crippen LogP contribution is 2.69. The summed E-state index contributed by atoms with van der Waals surface area (Å²) in [4.78, 5) is 11.2. The zero-order chi connectivity index (χ0) is 28.0. The summed E-state index contributed by atoms with van der Waals surface area (Å²) < 4.78 is 60.5. The number of rotatable bonds is 5. The Morgan fingerprint density at radius 2 is 1.83 bits per heavy atom. The normalized spacial score (nSPS) is 60.8. The number of carboxylic acids is 1. The van der Waals surface area contributed by atoms with Crippen LogP contribution in [0.5, 0.6) is 0 Å². The Bertz CT molecular complexity index is 910. The number of aliphatic hydroxyl groups is 2. The molecule has 4 heteroatoms. The predicted octanol–water partition coefficient (Wildman–Crippen LogP) is 5.11. The van der Waals surface area contributed by atoms with E-state index in [1.807, 2.05) is 6.92 Å². The maximum absolute atomic E-state index is 12.1. The largest absolute Gasteiger partial charge is 0.481 e. The molecule has 0 saturated heterocycles. The third-order valence-corrected chi connectivity index (χ3v) is 10.1. The smallest absolute Gasteiger partial charge is 0.303 e. The van der Waals surface area contributed by atoms with Gasteiger partial charge in [0.1, 0.15) is 0 Å². The van der Waals surface area contributed by atoms with Crippen LogP contribution in [-0.4, -0.2) is 33.5 Å². The van der Waals surface area contributed by atoms with Crippen LogP contribution in [0.1, 0.15) is 101 Å². The number of aliphatic hydroxyl groups excluding tert-OH is 1. The molecule has 4 saturated carbocycles. The Balaban J connectivity index is 1.83. The molecular weight excluding hydrogens is 376 g/mol. The minimum atomic E-state index is -3.23. The van der Waals surface area contributed by atoms with E-state index in [0.717, 1.165) is 12.8 Å². The van der Waals surface area contributed by atoms with Crippen LogP contribution in [0.15, 0.2) is 0 Å². The number of hydrogen-bond acceptors (Lipinski definition) is 3. The molecule has 172 valence electrons. The van der Waals surface area contributed by atoms with Crippen LogP contribution in [-0.2, 0) is 4.79 Å². The molecule has 0 bridgehead atoms. The Hall–Kier alpha value is -0.610. The van der Waals surface area contributed by atoms with Gasteiger partial charge in [0.05, 0.1) is 13.6 Å². The van der Waals surface area contributed by atoms with E-state index in [1.165, 1.54) is 0 Å². The van der Waals surface area contributed by atoms with Gasteiger partial charge in [0.25, 0.3) is 0 Å². The molecule has 0 radical (unpaired) electrons. The molecule has 4 rings (SSSR count). The fraction of sp³-hybridized carbons (Fsp3) is 0.962. The van der Waals surface area contributed by atoms with E-state index in [2.05, 4.69) is 13.8 Å². The zero-order valence-electron chi connectivity index (χ0n) is 25.7. The van der Waals surface area contributed by atoms with E-state index < -0.39 is 54.5 Å². The molecule has 1 unspecified atom stereocenters. The Morgan fingerprint density at radius 1 is 1.13 bits per heavy atom. The number of hydrogen-bond donors (Lipinski definition) is 3. The molecule has 0 aromatic heterocycles. The summed E-state index contributed by atoms with van der Waals surface area (Å²) in [7, 11) is 0. The van der Waals surface area contributed by atoms with E-state index >= 15 is 0 Å². The summed E-state index contributed by atoms with van der Waals surface area (Å²) in [6.45, 7) is 2.94. The Kier molecular flexibility index (Phi) is 4.10. The zero-order valence-corrected chi connectivity index (χ0v) is 18.7. The summed E-state index contributed by atoms with van der Waals surface area (Å²) in [5.74, 6) is -5.38. The van der Waals surface area contributed by atoms with Crippen LogP contribution in [0, 0.1) is 52.2 Å². The standard InChI is InChI=1S/C26H44O4/c1-5-17-21-14-16(27)10-12-26(21,4)20-11-13-25(3)18(15(2)6-9-22(28)29)7-8-19(25)23(20)24(17)30/h15-21,23-24,27,30H,5-14H2,1-4H3,(H,28,29)/t15-,16-,17?,18-,19+,20+,21+,23+,24-,25-,26-/m1/s1/i1D3,5D2,17D,24D. The molecule has 4 aliphatic carbocycles. The van der Waals surface area contributed by atoms with E-state index in [-0.39, 0.29) is 41.9 Å². The molecule has 0 aliphatic heterocycles. The maximum Gasteiger partial charge on any atom is 0.303 e. The number of fused-ring (bicyclic) bond motifs is 5. The summed E-state index contributed by atoms with van der Waals surface area (Å²) in [6, 6.07) is 0. The molecule has 0 aromatic rings. The van der Waals surface area contributed by atoms with Crippen molar-refractivity contribution in [2.24, 2.45) is 52.2 Å². The van der Waals surface area contributed by atoms with Gasteiger partial charge in [0.2, 0.25) is 0 Å². The Labute approximate surface area is 192 Å². The van der Waals surface area contributed by atoms with Gasteiger partial charge in [-0.15, -0.1) is 0 Å². The molecule has 11 atom stereocenters. The van der Waals surface area contributed by atoms with Crippen LogP contribution < -0.4 is 0 Å². The highest BCUT2D eigenvalue weighted by Gasteiger charge is 2.64. The molecular formula is C26H44O4. The number of carbonyl (C=O) groups is 1. The average Bonchev–Trinajstić information content (AvgIpc) is 3.13. The molecule has 0 aromatic carbocycles. The molecule has 0 heterocycles. The topological polar surface area (TPSA) is 77.8 Å². The lowest BCUT2D eigenvalue weighted by molar-refractivity contribution is -0.203. The van der Waals surface area contributed by atoms with Crippen molar-refractivity contribution in [3.8, 4) is 0 Å². The van der Waals surface area contributed by atoms with Crippen molar-refractivity contribution < 1.29 is 29.7 Å². The van der Waals surface area contributed by atoms with Crippen LogP contribution in [0.3, 0.4) is 0 Å². The van der Waals surface area contributed by atoms with Crippen LogP contribution in [0.4, 0.5) is 0 Å². The van der Waals surface area contributed by atoms with Gasteiger partial charge < -0.3 is 15.3 Å². The van der Waals surface area contributed by atoms with Gasteiger partial charge in [0.15, 0.2) is 0 Å². The van der Waals surface area contributed by atoms with Gasteiger partial charge >= 0.3 is 5.97 Å². The monoisotopic (exact) mass is 427 g/mol. The molecule has 30 heavy (non-hydrogen) atoms. The fourth-order valence-electron chi connectivity index (χ4n) is 8.50. The minimum absolute atomic E-state index is 0.00319. The molecule has 3 N–H and O–H groups in total. The van der Waals surface area contributed by atoms with Crippen LogP contribution in [0.2, 0.25) is 0 Å². The van der Waals surface area contributed by atoms with E-state index in [9.17, 15) is 22.9 Å². The number of carboxylic acid groups (broad SMARTS) is 1. The molecule has 4 fully saturated rings. The molecule has 0 spiro atoms. The second-order valence-corrected chi connectivity index (χ2v) is 11.3. The molecule has 4 aliphatic rings. The first kappa shape index (κ1) is 15.3. The van der Waals surface area contributed by atoms with Crippen molar-refractivity contribution in [3.63, 3.8) is 0 Å². The first-order valence-electron chi connectivity index (χ1n) is 15.4. The van der Waals surface area contributed by atoms with Crippen LogP contribution in [0.25, 0.3) is 0 Å². The minimum Gasteiger partial charge on any atom is -0.481 e. The molecule has 4 nitrogen and oxygen atoms in total. The number of aliphatic carboxylic acids is 1. The quantitative estimate of drug-likeness (QED) is 0.569. The summed E-state index contributed by atoms with van der Waals surface area (Å²) in [5.41, 5.74) is -1.01. The van der Waals surface area contributed by atoms with E-state index in [4.69, 9.17) is 6.85 Å². The van der Waals surface area contributed by atoms with Crippen molar-refractivity contribution in [3.05, 3.63) is 0 Å². The Morgan fingerprint density at radius 3 is 2.53 bits per heavy atom. The van der Waals surface area contributed by atoms with Crippen molar-refractivity contribution >= 4 is 5.97 Å². The van der Waals surface area contributed by atoms with Gasteiger partial charge in [-0.1, -0.05) is 34.0 Å². The third-order valence-electron chi connectivity index (χ3n) is 10.1. The average molecular weight is 428 g/mol. The summed E-state index contributed by atoms with van der Waals surface area (Å²) in [6.07, 6.45) is -2.13. The summed E-state index contributed by atoms with van der Waals surface area (Å²) >= 11 is 0. The van der Waals surface area contributed by atoms with Crippen molar-refractivity contribution in [2.75, 3.05) is 0 Å². The van der Waals surface area contributed by atoms with Crippen molar-refractivity contribution in [1.29, 1.82) is 0 Å². The third kappa shape index (κ3) is 3.36. The second kappa shape index (κ2) is 8.06. The second-order valence-electron chi connectivity index (χ2n) is 11.3. The van der Waals surface area contributed by atoms with Gasteiger partial charge in [0, 0.05) is 14.6 Å². The lowest BCUT2D eigenvalue weighted by Crippen LogP contribution is -2.62. The molecule has 0 amide bonds. The first-order valence-corrected chi connectivity index (χ1v) is 11.9. The van der Waals surface area contributed by atoms with Gasteiger partial charge in [-0.05, 0) is 104 Å². The van der Waals surface area contributed by atoms with Gasteiger partial charge in [-0.3, -0.25) is 4.79 Å². The van der Waals surface area contributed by atoms with Crippen LogP contribution >= 0.6 is 0 Å². The van der Waals surface area contributed by atoms with E-state index in [1.54, 1.807) is 0 Å². The first-order chi connectivity index (χ1) is 16.8. The summed E-state index contributed by atoms with van der Waals surface area (Å²) in [5, 5.41) is 31.9. The van der Waals surface area contributed by atoms with Gasteiger partial charge in [-0.25, -0.2) is 0 Å². The lowest BCUT2D eigenvalue weighted by Gasteiger charge is -2.64. The maximum atomic E-state index is 12.1. The SMILES string of the molecule is [2H]C([2H])([2H])C([2H])([2H])C1([2H])[C@@H]2C[C@H](O)CC[C@]2(C)[C@H]2CC[C@]3(C)[C@@H]([C@H](C)CCC(=O)O)CC[C@H]3[C@@H]2[C@]1([2H])O. The highest BCUT2D eigenvalue weighted by atomic mass is 16.4.